The van der Waals surface area contributed by atoms with Gasteiger partial charge in [-0.05, 0) is 60.9 Å². The normalized spacial score (nSPS) is 13.2. The van der Waals surface area contributed by atoms with Crippen LogP contribution in [0.15, 0.2) is 71.6 Å². The van der Waals surface area contributed by atoms with Crippen LogP contribution in [0, 0.1) is 10.1 Å². The van der Waals surface area contributed by atoms with Gasteiger partial charge in [-0.15, -0.1) is 0 Å². The number of fused-ring (bicyclic) bond motifs is 1. The number of nitrogens with one attached hydrogen (secondary N) is 1. The number of amides is 1. The molecule has 0 aromatic heterocycles. The Balaban J connectivity index is 1.63. The molecule has 3 aromatic carbocycles. The number of nitro groups is 1. The zero-order valence-corrected chi connectivity index (χ0v) is 18.5. The number of carbonyl (C=O) groups excluding carboxylic acids is 1. The van der Waals surface area contributed by atoms with Gasteiger partial charge in [0.15, 0.2) is 0 Å². The summed E-state index contributed by atoms with van der Waals surface area (Å²) in [5, 5.41) is 13.7. The topological polar surface area (TPSA) is 119 Å². The number of sulfonamides is 1. The minimum absolute atomic E-state index is 0.129. The molecule has 9 nitrogen and oxygen atoms in total. The highest BCUT2D eigenvalue weighted by molar-refractivity contribution is 7.92. The number of anilines is 2. The second-order valence-electron chi connectivity index (χ2n) is 7.46. The maximum Gasteiger partial charge on any atom is 0.270 e. The number of hydrogen-bond donors (Lipinski definition) is 1. The van der Waals surface area contributed by atoms with Crippen LogP contribution in [0.25, 0.3) is 0 Å². The summed E-state index contributed by atoms with van der Waals surface area (Å²) in [7, 11) is -2.32. The van der Waals surface area contributed by atoms with E-state index in [4.69, 9.17) is 4.74 Å². The molecular formula is C23H21N3O6S. The molecule has 0 radical (unpaired) electrons. The smallest absolute Gasteiger partial charge is 0.270 e. The summed E-state index contributed by atoms with van der Waals surface area (Å²) in [5.74, 6) is 0.0261. The summed E-state index contributed by atoms with van der Waals surface area (Å²) in [4.78, 5) is 23.2. The average Bonchev–Trinajstić information content (AvgIpc) is 2.83. The highest BCUT2D eigenvalue weighted by Gasteiger charge is 2.29. The van der Waals surface area contributed by atoms with Gasteiger partial charge in [-0.3, -0.25) is 19.2 Å². The number of benzene rings is 3. The van der Waals surface area contributed by atoms with E-state index in [9.17, 15) is 23.3 Å². The quantitative estimate of drug-likeness (QED) is 0.432. The number of carbonyl (C=O) groups is 1. The Hall–Kier alpha value is -3.92. The molecule has 1 aliphatic heterocycles. The minimum Gasteiger partial charge on any atom is -0.497 e. The summed E-state index contributed by atoms with van der Waals surface area (Å²) in [6, 6.07) is 16.7. The van der Waals surface area contributed by atoms with Crippen molar-refractivity contribution in [2.45, 2.75) is 17.7 Å². The standard InChI is InChI=1S/C23H21N3O6S/c1-32-20-9-11-21(12-10-20)33(30,31)25-13-3-5-16-7-8-18(15-22(16)25)24-23(27)17-4-2-6-19(14-17)26(28)29/h2,4,6-12,14-15H,3,5,13H2,1H3,(H,24,27). The summed E-state index contributed by atoms with van der Waals surface area (Å²) < 4.78 is 33.1. The van der Waals surface area contributed by atoms with Gasteiger partial charge in [0.1, 0.15) is 5.75 Å². The molecule has 10 heteroatoms. The molecule has 0 saturated heterocycles. The lowest BCUT2D eigenvalue weighted by Crippen LogP contribution is -2.35. The predicted molar refractivity (Wildman–Crippen MR) is 123 cm³/mol. The molecule has 0 fully saturated rings. The lowest BCUT2D eigenvalue weighted by Gasteiger charge is -2.31. The maximum atomic E-state index is 13.3. The van der Waals surface area contributed by atoms with E-state index in [2.05, 4.69) is 5.32 Å². The van der Waals surface area contributed by atoms with Crippen molar-refractivity contribution in [1.29, 1.82) is 0 Å². The number of ether oxygens (including phenoxy) is 1. The van der Waals surface area contributed by atoms with Crippen LogP contribution in [0.2, 0.25) is 0 Å². The monoisotopic (exact) mass is 467 g/mol. The van der Waals surface area contributed by atoms with E-state index in [1.54, 1.807) is 30.3 Å². The van der Waals surface area contributed by atoms with Crippen molar-refractivity contribution >= 4 is 33.0 Å². The first kappa shape index (κ1) is 22.3. The largest absolute Gasteiger partial charge is 0.497 e. The summed E-state index contributed by atoms with van der Waals surface area (Å²) >= 11 is 0. The number of non-ortho nitro benzene ring substituents is 1. The van der Waals surface area contributed by atoms with Crippen LogP contribution in [0.3, 0.4) is 0 Å². The van der Waals surface area contributed by atoms with E-state index in [1.165, 1.54) is 47.8 Å². The van der Waals surface area contributed by atoms with E-state index in [1.807, 2.05) is 0 Å². The third kappa shape index (κ3) is 4.51. The van der Waals surface area contributed by atoms with Gasteiger partial charge in [0.05, 0.1) is 22.6 Å². The van der Waals surface area contributed by atoms with Gasteiger partial charge >= 0.3 is 0 Å². The third-order valence-corrected chi connectivity index (χ3v) is 7.21. The number of nitrogens with zero attached hydrogens (tertiary/aromatic N) is 2. The number of nitro benzene ring substituents is 1. The number of aryl methyl sites for hydroxylation is 1. The van der Waals surface area contributed by atoms with E-state index in [0.717, 1.165) is 5.56 Å². The van der Waals surface area contributed by atoms with E-state index in [-0.39, 0.29) is 16.1 Å². The molecule has 33 heavy (non-hydrogen) atoms. The molecule has 1 heterocycles. The van der Waals surface area contributed by atoms with E-state index in [0.29, 0.717) is 36.5 Å². The SMILES string of the molecule is COc1ccc(S(=O)(=O)N2CCCc3ccc(NC(=O)c4cccc([N+](=O)[O-])c4)cc32)cc1. The van der Waals surface area contributed by atoms with Gasteiger partial charge in [0, 0.05) is 29.9 Å². The lowest BCUT2D eigenvalue weighted by molar-refractivity contribution is -0.384. The lowest BCUT2D eigenvalue weighted by atomic mass is 10.0. The highest BCUT2D eigenvalue weighted by Crippen LogP contribution is 2.34. The molecule has 0 unspecified atom stereocenters. The zero-order chi connectivity index (χ0) is 23.6. The Morgan fingerprint density at radius 3 is 2.55 bits per heavy atom. The van der Waals surface area contributed by atoms with Crippen LogP contribution in [0.1, 0.15) is 22.3 Å². The van der Waals surface area contributed by atoms with E-state index < -0.39 is 20.9 Å². The zero-order valence-electron chi connectivity index (χ0n) is 17.7. The average molecular weight is 468 g/mol. The Kier molecular flexibility index (Phi) is 6.01. The molecule has 170 valence electrons. The van der Waals surface area contributed by atoms with Crippen molar-refractivity contribution in [3.05, 3.63) is 88.0 Å². The van der Waals surface area contributed by atoms with Gasteiger partial charge in [-0.25, -0.2) is 8.42 Å². The molecule has 1 amide bonds. The molecule has 0 spiro atoms. The van der Waals surface area contributed by atoms with Crippen molar-refractivity contribution in [2.24, 2.45) is 0 Å². The van der Waals surface area contributed by atoms with Crippen LogP contribution in [-0.4, -0.2) is 32.9 Å². The van der Waals surface area contributed by atoms with Gasteiger partial charge in [-0.2, -0.15) is 0 Å². The Labute approximate surface area is 190 Å². The van der Waals surface area contributed by atoms with Crippen molar-refractivity contribution < 1.29 is 22.9 Å². The fourth-order valence-corrected chi connectivity index (χ4v) is 5.24. The molecule has 3 aromatic rings. The number of rotatable bonds is 6. The van der Waals surface area contributed by atoms with Crippen LogP contribution in [-0.2, 0) is 16.4 Å². The van der Waals surface area contributed by atoms with Crippen LogP contribution in [0.4, 0.5) is 17.1 Å². The molecule has 0 saturated carbocycles. The first-order valence-electron chi connectivity index (χ1n) is 10.1. The van der Waals surface area contributed by atoms with Crippen molar-refractivity contribution in [2.75, 3.05) is 23.3 Å². The van der Waals surface area contributed by atoms with Gasteiger partial charge < -0.3 is 10.1 Å². The Morgan fingerprint density at radius 1 is 1.09 bits per heavy atom. The van der Waals surface area contributed by atoms with Crippen molar-refractivity contribution in [3.63, 3.8) is 0 Å². The molecule has 1 aliphatic rings. The van der Waals surface area contributed by atoms with Gasteiger partial charge in [-0.1, -0.05) is 12.1 Å². The second-order valence-corrected chi connectivity index (χ2v) is 9.32. The van der Waals surface area contributed by atoms with Crippen LogP contribution < -0.4 is 14.4 Å². The third-order valence-electron chi connectivity index (χ3n) is 5.39. The van der Waals surface area contributed by atoms with Gasteiger partial charge in [0.2, 0.25) is 0 Å². The number of hydrogen-bond acceptors (Lipinski definition) is 6. The van der Waals surface area contributed by atoms with Crippen LogP contribution >= 0.6 is 0 Å². The first-order valence-corrected chi connectivity index (χ1v) is 11.6. The molecule has 4 rings (SSSR count). The second kappa shape index (κ2) is 8.91. The van der Waals surface area contributed by atoms with Crippen molar-refractivity contribution in [3.8, 4) is 5.75 Å². The molecule has 0 aliphatic carbocycles. The predicted octanol–water partition coefficient (Wildman–Crippen LogP) is 4.00. The molecule has 1 N–H and O–H groups in total. The Morgan fingerprint density at radius 2 is 1.85 bits per heavy atom. The maximum absolute atomic E-state index is 13.3. The summed E-state index contributed by atoms with van der Waals surface area (Å²) in [5.41, 5.74) is 1.68. The fourth-order valence-electron chi connectivity index (χ4n) is 3.71. The van der Waals surface area contributed by atoms with Crippen molar-refractivity contribution in [1.82, 2.24) is 0 Å². The molecule has 0 atom stereocenters. The van der Waals surface area contributed by atoms with Gasteiger partial charge in [0.25, 0.3) is 21.6 Å². The summed E-state index contributed by atoms with van der Waals surface area (Å²) in [6.45, 7) is 0.309. The highest BCUT2D eigenvalue weighted by atomic mass is 32.2. The van der Waals surface area contributed by atoms with Crippen LogP contribution in [0.5, 0.6) is 5.75 Å². The minimum atomic E-state index is -3.82. The Bertz CT molecular complexity index is 1320. The fraction of sp³-hybridized carbons (Fsp3) is 0.174. The molecular weight excluding hydrogens is 446 g/mol. The number of methoxy groups -OCH3 is 1. The first-order chi connectivity index (χ1) is 15.8. The summed E-state index contributed by atoms with van der Waals surface area (Å²) in [6.07, 6.45) is 1.38. The molecule has 0 bridgehead atoms. The van der Waals surface area contributed by atoms with E-state index >= 15 is 0 Å².